The Morgan fingerprint density at radius 3 is 2.38 bits per heavy atom. The van der Waals surface area contributed by atoms with Gasteiger partial charge in [-0.2, -0.15) is 0 Å². The number of nitrogens with zero attached hydrogens (tertiary/aromatic N) is 2. The second-order valence-electron chi connectivity index (χ2n) is 7.26. The Balaban J connectivity index is 2.08. The summed E-state index contributed by atoms with van der Waals surface area (Å²) in [7, 11) is 0. The van der Waals surface area contributed by atoms with Gasteiger partial charge >= 0.3 is 0 Å². The van der Waals surface area contributed by atoms with Crippen LogP contribution in [-0.4, -0.2) is 28.5 Å². The number of hydrogen-bond acceptors (Lipinski definition) is 2. The summed E-state index contributed by atoms with van der Waals surface area (Å²) < 4.78 is 0.876. The van der Waals surface area contributed by atoms with Crippen molar-refractivity contribution < 1.29 is 0 Å². The van der Waals surface area contributed by atoms with E-state index in [1.54, 1.807) is 0 Å². The summed E-state index contributed by atoms with van der Waals surface area (Å²) in [4.78, 5) is 7.13. The molecule has 1 fully saturated rings. The second kappa shape index (κ2) is 6.55. The Labute approximate surface area is 142 Å². The van der Waals surface area contributed by atoms with Crippen LogP contribution in [-0.2, 0) is 6.42 Å². The molecule has 1 aromatic heterocycles. The fraction of sp³-hybridized carbons (Fsp3) is 0.706. The first-order valence-electron chi connectivity index (χ1n) is 7.82. The first-order chi connectivity index (χ1) is 9.76. The van der Waals surface area contributed by atoms with E-state index >= 15 is 0 Å². The molecule has 1 saturated heterocycles. The van der Waals surface area contributed by atoms with Gasteiger partial charge < -0.3 is 0 Å². The minimum Gasteiger partial charge on any atom is -0.298 e. The maximum Gasteiger partial charge on any atom is 0.143 e. The van der Waals surface area contributed by atoms with E-state index in [0.29, 0.717) is 10.6 Å². The van der Waals surface area contributed by atoms with Crippen molar-refractivity contribution in [2.45, 2.75) is 58.9 Å². The predicted molar refractivity (Wildman–Crippen MR) is 93.9 cm³/mol. The van der Waals surface area contributed by atoms with Crippen LogP contribution in [0.15, 0.2) is 16.6 Å². The minimum atomic E-state index is 0.277. The third-order valence-electron chi connectivity index (χ3n) is 4.94. The van der Waals surface area contributed by atoms with Crippen molar-refractivity contribution in [3.05, 3.63) is 27.5 Å². The van der Waals surface area contributed by atoms with Crippen LogP contribution in [0.25, 0.3) is 0 Å². The van der Waals surface area contributed by atoms with Crippen molar-refractivity contribution in [1.82, 2.24) is 9.88 Å². The van der Waals surface area contributed by atoms with Crippen LogP contribution in [0.2, 0.25) is 5.15 Å². The molecule has 1 aromatic rings. The van der Waals surface area contributed by atoms with Crippen LogP contribution in [0.3, 0.4) is 0 Å². The molecule has 0 aliphatic carbocycles. The lowest BCUT2D eigenvalue weighted by Crippen LogP contribution is -2.49. The van der Waals surface area contributed by atoms with Crippen molar-refractivity contribution in [1.29, 1.82) is 0 Å². The van der Waals surface area contributed by atoms with Gasteiger partial charge in [-0.05, 0) is 93.0 Å². The molecule has 2 nitrogen and oxygen atoms in total. The van der Waals surface area contributed by atoms with Gasteiger partial charge in [-0.1, -0.05) is 18.5 Å². The van der Waals surface area contributed by atoms with Crippen molar-refractivity contribution in [2.24, 2.45) is 5.41 Å². The molecule has 0 atom stereocenters. The summed E-state index contributed by atoms with van der Waals surface area (Å²) in [6.07, 6.45) is 4.74. The third kappa shape index (κ3) is 4.20. The highest BCUT2D eigenvalue weighted by Crippen LogP contribution is 2.39. The SMILES string of the molecule is CCC1(Cc2ccc(Br)c(Cl)n2)CCN(C(C)(C)C)CC1. The van der Waals surface area contributed by atoms with Crippen molar-refractivity contribution >= 4 is 27.5 Å². The fourth-order valence-electron chi connectivity index (χ4n) is 3.24. The molecule has 1 aliphatic rings. The van der Waals surface area contributed by atoms with Gasteiger partial charge in [-0.3, -0.25) is 4.90 Å². The number of halogens is 2. The van der Waals surface area contributed by atoms with Gasteiger partial charge in [0.15, 0.2) is 0 Å². The van der Waals surface area contributed by atoms with Gasteiger partial charge in [-0.25, -0.2) is 4.98 Å². The van der Waals surface area contributed by atoms with Gasteiger partial charge in [0.2, 0.25) is 0 Å². The molecule has 0 N–H and O–H groups in total. The quantitative estimate of drug-likeness (QED) is 0.666. The zero-order valence-corrected chi connectivity index (χ0v) is 15.9. The molecule has 21 heavy (non-hydrogen) atoms. The minimum absolute atomic E-state index is 0.277. The topological polar surface area (TPSA) is 16.1 Å². The average Bonchev–Trinajstić information content (AvgIpc) is 2.42. The Hall–Kier alpha value is -0.120. The van der Waals surface area contributed by atoms with E-state index in [4.69, 9.17) is 11.6 Å². The standard InChI is InChI=1S/C17H26BrClN2/c1-5-17(8-10-21(11-9-17)16(2,3)4)12-13-6-7-14(18)15(19)20-13/h6-7H,5,8-12H2,1-4H3. The fourth-order valence-corrected chi connectivity index (χ4v) is 3.64. The Morgan fingerprint density at radius 2 is 1.90 bits per heavy atom. The molecule has 1 aliphatic heterocycles. The number of pyridine rings is 1. The third-order valence-corrected chi connectivity index (χ3v) is 6.10. The van der Waals surface area contributed by atoms with E-state index < -0.39 is 0 Å². The van der Waals surface area contributed by atoms with Crippen molar-refractivity contribution in [3.8, 4) is 0 Å². The molecule has 2 rings (SSSR count). The zero-order valence-electron chi connectivity index (χ0n) is 13.5. The molecule has 4 heteroatoms. The number of piperidine rings is 1. The molecule has 0 unspecified atom stereocenters. The number of hydrogen-bond donors (Lipinski definition) is 0. The van der Waals surface area contributed by atoms with Crippen LogP contribution in [0, 0.1) is 5.41 Å². The lowest BCUT2D eigenvalue weighted by molar-refractivity contribution is 0.0397. The number of rotatable bonds is 3. The largest absolute Gasteiger partial charge is 0.298 e. The number of likely N-dealkylation sites (tertiary alicyclic amines) is 1. The molecule has 0 radical (unpaired) electrons. The number of aromatic nitrogens is 1. The highest BCUT2D eigenvalue weighted by atomic mass is 79.9. The molecule has 0 bridgehead atoms. The van der Waals surface area contributed by atoms with E-state index in [-0.39, 0.29) is 5.54 Å². The van der Waals surface area contributed by atoms with Crippen LogP contribution < -0.4 is 0 Å². The molecular formula is C17H26BrClN2. The van der Waals surface area contributed by atoms with Crippen molar-refractivity contribution in [3.63, 3.8) is 0 Å². The molecule has 0 aromatic carbocycles. The Morgan fingerprint density at radius 1 is 1.29 bits per heavy atom. The van der Waals surface area contributed by atoms with Gasteiger partial charge in [0, 0.05) is 11.2 Å². The Bertz CT molecular complexity index is 488. The molecule has 0 amide bonds. The highest BCUT2D eigenvalue weighted by molar-refractivity contribution is 9.10. The van der Waals surface area contributed by atoms with E-state index in [2.05, 4.69) is 59.6 Å². The second-order valence-corrected chi connectivity index (χ2v) is 8.48. The van der Waals surface area contributed by atoms with Gasteiger partial charge in [0.1, 0.15) is 5.15 Å². The van der Waals surface area contributed by atoms with E-state index in [1.807, 2.05) is 6.07 Å². The van der Waals surface area contributed by atoms with Crippen molar-refractivity contribution in [2.75, 3.05) is 13.1 Å². The maximum absolute atomic E-state index is 6.14. The van der Waals surface area contributed by atoms with Gasteiger partial charge in [0.05, 0.1) is 4.47 Å². The van der Waals surface area contributed by atoms with Crippen LogP contribution in [0.5, 0.6) is 0 Å². The highest BCUT2D eigenvalue weighted by Gasteiger charge is 2.36. The molecule has 0 spiro atoms. The summed E-state index contributed by atoms with van der Waals surface area (Å²) in [5.41, 5.74) is 1.78. The summed E-state index contributed by atoms with van der Waals surface area (Å²) >= 11 is 9.55. The molecule has 2 heterocycles. The van der Waals surface area contributed by atoms with Crippen LogP contribution >= 0.6 is 27.5 Å². The van der Waals surface area contributed by atoms with E-state index in [1.165, 1.54) is 32.4 Å². The molecular weight excluding hydrogens is 348 g/mol. The molecule has 118 valence electrons. The summed E-state index contributed by atoms with van der Waals surface area (Å²) in [6, 6.07) is 4.11. The summed E-state index contributed by atoms with van der Waals surface area (Å²) in [5.74, 6) is 0. The van der Waals surface area contributed by atoms with E-state index in [0.717, 1.165) is 16.6 Å². The van der Waals surface area contributed by atoms with Gasteiger partial charge in [0.25, 0.3) is 0 Å². The average molecular weight is 374 g/mol. The first kappa shape index (κ1) is 17.2. The summed E-state index contributed by atoms with van der Waals surface area (Å²) in [5, 5.41) is 0.575. The maximum atomic E-state index is 6.14. The molecule has 0 saturated carbocycles. The lowest BCUT2D eigenvalue weighted by atomic mass is 9.72. The lowest BCUT2D eigenvalue weighted by Gasteiger charge is -2.46. The van der Waals surface area contributed by atoms with E-state index in [9.17, 15) is 0 Å². The Kier molecular flexibility index (Phi) is 5.38. The zero-order chi connectivity index (χ0) is 15.7. The van der Waals surface area contributed by atoms with Crippen LogP contribution in [0.1, 0.15) is 52.7 Å². The first-order valence-corrected chi connectivity index (χ1v) is 8.99. The smallest absolute Gasteiger partial charge is 0.143 e. The normalized spacial score (nSPS) is 19.7. The van der Waals surface area contributed by atoms with Gasteiger partial charge in [-0.15, -0.1) is 0 Å². The predicted octanol–water partition coefficient (Wildman–Crippen LogP) is 5.33. The summed E-state index contributed by atoms with van der Waals surface area (Å²) in [6.45, 7) is 11.6. The van der Waals surface area contributed by atoms with Crippen LogP contribution in [0.4, 0.5) is 0 Å². The monoisotopic (exact) mass is 372 g/mol.